The number of imide groups is 1. The number of amides is 3. The molecule has 0 bridgehead atoms. The molecule has 1 unspecified atom stereocenters. The maximum Gasteiger partial charge on any atom is 0.321 e. The lowest BCUT2D eigenvalue weighted by Crippen LogP contribution is -2.41. The van der Waals surface area contributed by atoms with Crippen molar-refractivity contribution in [2.75, 3.05) is 12.8 Å². The Morgan fingerprint density at radius 1 is 1.16 bits per heavy atom. The van der Waals surface area contributed by atoms with Gasteiger partial charge in [-0.15, -0.1) is 10.2 Å². The average molecular weight is 443 g/mol. The summed E-state index contributed by atoms with van der Waals surface area (Å²) in [4.78, 5) is 36.5. The number of ether oxygens (including phenoxy) is 1. The summed E-state index contributed by atoms with van der Waals surface area (Å²) >= 11 is 1.13. The van der Waals surface area contributed by atoms with Crippen molar-refractivity contribution in [3.8, 4) is 11.6 Å². The minimum Gasteiger partial charge on any atom is -0.461 e. The quantitative estimate of drug-likeness (QED) is 0.401. The summed E-state index contributed by atoms with van der Waals surface area (Å²) in [7, 11) is 1.38. The second-order valence-corrected chi connectivity index (χ2v) is 7.11. The molecule has 1 atom stereocenters. The Morgan fingerprint density at radius 2 is 1.94 bits per heavy atom. The minimum atomic E-state index is -1.27. The number of furan rings is 1. The molecule has 31 heavy (non-hydrogen) atoms. The molecule has 1 aromatic carbocycles. The average Bonchev–Trinajstić information content (AvgIpc) is 3.45. The van der Waals surface area contributed by atoms with E-state index in [1.165, 1.54) is 7.05 Å². The highest BCUT2D eigenvalue weighted by Crippen LogP contribution is 2.25. The maximum atomic E-state index is 12.5. The molecule has 0 radical (unpaired) electrons. The van der Waals surface area contributed by atoms with Crippen molar-refractivity contribution in [1.82, 2.24) is 25.4 Å². The van der Waals surface area contributed by atoms with Gasteiger partial charge in [-0.3, -0.25) is 19.5 Å². The lowest BCUT2D eigenvalue weighted by atomic mass is 10.1. The molecular weight excluding hydrogens is 422 g/mol. The molecule has 2 heterocycles. The van der Waals surface area contributed by atoms with Crippen molar-refractivity contribution >= 4 is 29.7 Å². The van der Waals surface area contributed by atoms with Crippen LogP contribution in [0.5, 0.6) is 0 Å². The van der Waals surface area contributed by atoms with Crippen molar-refractivity contribution in [2.45, 2.75) is 24.7 Å². The van der Waals surface area contributed by atoms with Crippen LogP contribution in [0.1, 0.15) is 18.6 Å². The molecule has 0 fully saturated rings. The fourth-order valence-corrected chi connectivity index (χ4v) is 3.48. The topological polar surface area (TPSA) is 128 Å². The number of nitrogens with zero attached hydrogens (tertiary/aromatic N) is 3. The van der Waals surface area contributed by atoms with Crippen LogP contribution in [0.15, 0.2) is 58.3 Å². The first-order chi connectivity index (χ1) is 15.0. The van der Waals surface area contributed by atoms with Crippen LogP contribution < -0.4 is 10.6 Å². The number of carbonyl (C=O) groups is 3. The summed E-state index contributed by atoms with van der Waals surface area (Å²) in [5.41, 5.74) is 0.444. The van der Waals surface area contributed by atoms with Crippen LogP contribution in [0.25, 0.3) is 11.6 Å². The van der Waals surface area contributed by atoms with Gasteiger partial charge < -0.3 is 14.5 Å². The van der Waals surface area contributed by atoms with Gasteiger partial charge in [-0.25, -0.2) is 4.79 Å². The van der Waals surface area contributed by atoms with E-state index in [2.05, 4.69) is 20.8 Å². The maximum absolute atomic E-state index is 12.5. The van der Waals surface area contributed by atoms with Crippen LogP contribution in [0.3, 0.4) is 0 Å². The lowest BCUT2D eigenvalue weighted by molar-refractivity contribution is -0.153. The molecule has 0 saturated heterocycles. The highest BCUT2D eigenvalue weighted by molar-refractivity contribution is 7.99. The van der Waals surface area contributed by atoms with Crippen molar-refractivity contribution in [1.29, 1.82) is 0 Å². The van der Waals surface area contributed by atoms with E-state index in [0.717, 1.165) is 11.8 Å². The molecular formula is C20H21N5O5S. The number of carbonyl (C=O) groups excluding carboxylic acids is 3. The predicted molar refractivity (Wildman–Crippen MR) is 112 cm³/mol. The van der Waals surface area contributed by atoms with Gasteiger partial charge in [0.05, 0.1) is 12.0 Å². The number of aromatic nitrogens is 3. The summed E-state index contributed by atoms with van der Waals surface area (Å²) < 4.78 is 12.6. The lowest BCUT2D eigenvalue weighted by Gasteiger charge is -2.17. The number of benzene rings is 1. The standard InChI is InChI=1S/C20H21N5O5S/c1-3-25-17(14-10-7-11-29-14)23-24-20(25)31-12-15(26)30-16(13-8-5-4-6-9-13)18(27)22-19(28)21-2/h4-11,16H,3,12H2,1-2H3,(H2,21,22,27,28). The van der Waals surface area contributed by atoms with Crippen LogP contribution >= 0.6 is 11.8 Å². The molecule has 2 aromatic heterocycles. The minimum absolute atomic E-state index is 0.104. The Bertz CT molecular complexity index is 1040. The smallest absolute Gasteiger partial charge is 0.321 e. The Kier molecular flexibility index (Phi) is 7.44. The fraction of sp³-hybridized carbons (Fsp3) is 0.250. The third-order valence-corrected chi connectivity index (χ3v) is 5.09. The van der Waals surface area contributed by atoms with Crippen LogP contribution in [-0.4, -0.2) is 45.5 Å². The van der Waals surface area contributed by atoms with Crippen LogP contribution in [0.4, 0.5) is 4.79 Å². The normalized spacial score (nSPS) is 11.5. The van der Waals surface area contributed by atoms with E-state index in [1.54, 1.807) is 48.7 Å². The molecule has 3 aromatic rings. The van der Waals surface area contributed by atoms with Gasteiger partial charge in [0, 0.05) is 19.2 Å². The number of esters is 1. The SMILES string of the molecule is CCn1c(SCC(=O)OC(C(=O)NC(=O)NC)c2ccccc2)nnc1-c1ccco1. The zero-order chi connectivity index (χ0) is 22.2. The summed E-state index contributed by atoms with van der Waals surface area (Å²) in [6.45, 7) is 2.49. The van der Waals surface area contributed by atoms with E-state index in [0.29, 0.717) is 28.8 Å². The van der Waals surface area contributed by atoms with Crippen LogP contribution in [0.2, 0.25) is 0 Å². The third-order valence-electron chi connectivity index (χ3n) is 4.15. The second kappa shape index (κ2) is 10.4. The number of hydrogen-bond donors (Lipinski definition) is 2. The number of hydrogen-bond acceptors (Lipinski definition) is 8. The monoisotopic (exact) mass is 443 g/mol. The second-order valence-electron chi connectivity index (χ2n) is 6.17. The summed E-state index contributed by atoms with van der Waals surface area (Å²) in [5.74, 6) is -0.376. The van der Waals surface area contributed by atoms with Crippen molar-refractivity contribution < 1.29 is 23.5 Å². The Hall–Kier alpha value is -3.60. The first-order valence-electron chi connectivity index (χ1n) is 9.40. The molecule has 3 amide bonds. The first kappa shape index (κ1) is 22.1. The number of rotatable bonds is 8. The van der Waals surface area contributed by atoms with Gasteiger partial charge in [-0.05, 0) is 19.1 Å². The molecule has 162 valence electrons. The molecule has 0 aliphatic rings. The van der Waals surface area contributed by atoms with Gasteiger partial charge in [0.25, 0.3) is 5.91 Å². The molecule has 0 spiro atoms. The van der Waals surface area contributed by atoms with Gasteiger partial charge >= 0.3 is 12.0 Å². The molecule has 0 aliphatic carbocycles. The Morgan fingerprint density at radius 3 is 2.58 bits per heavy atom. The Labute approximate surface area is 182 Å². The van der Waals surface area contributed by atoms with Gasteiger partial charge in [-0.2, -0.15) is 0 Å². The third kappa shape index (κ3) is 5.51. The molecule has 10 nitrogen and oxygen atoms in total. The fourth-order valence-electron chi connectivity index (χ4n) is 2.70. The summed E-state index contributed by atoms with van der Waals surface area (Å²) in [6.07, 6.45) is 0.274. The zero-order valence-corrected chi connectivity index (χ0v) is 17.7. The van der Waals surface area contributed by atoms with E-state index in [-0.39, 0.29) is 5.75 Å². The van der Waals surface area contributed by atoms with Gasteiger partial charge in [0.15, 0.2) is 16.7 Å². The van der Waals surface area contributed by atoms with Crippen molar-refractivity contribution in [2.24, 2.45) is 0 Å². The molecule has 2 N–H and O–H groups in total. The van der Waals surface area contributed by atoms with Gasteiger partial charge in [-0.1, -0.05) is 42.1 Å². The van der Waals surface area contributed by atoms with Crippen LogP contribution in [-0.2, 0) is 20.9 Å². The summed E-state index contributed by atoms with van der Waals surface area (Å²) in [6, 6.07) is 11.3. The largest absolute Gasteiger partial charge is 0.461 e. The molecule has 0 aliphatic heterocycles. The number of urea groups is 1. The van der Waals surface area contributed by atoms with E-state index in [4.69, 9.17) is 9.15 Å². The molecule has 0 saturated carbocycles. The van der Waals surface area contributed by atoms with Gasteiger partial charge in [0.1, 0.15) is 0 Å². The van der Waals surface area contributed by atoms with Crippen LogP contribution in [0, 0.1) is 0 Å². The van der Waals surface area contributed by atoms with Gasteiger partial charge in [0.2, 0.25) is 6.10 Å². The van der Waals surface area contributed by atoms with Crippen molar-refractivity contribution in [3.05, 3.63) is 54.3 Å². The van der Waals surface area contributed by atoms with E-state index in [1.807, 2.05) is 11.5 Å². The van der Waals surface area contributed by atoms with Crippen molar-refractivity contribution in [3.63, 3.8) is 0 Å². The molecule has 11 heteroatoms. The predicted octanol–water partition coefficient (Wildman–Crippen LogP) is 2.39. The highest BCUT2D eigenvalue weighted by atomic mass is 32.2. The summed E-state index contributed by atoms with van der Waals surface area (Å²) in [5, 5.41) is 13.2. The van der Waals surface area contributed by atoms with E-state index < -0.39 is 24.0 Å². The molecule has 3 rings (SSSR count). The number of thioether (sulfide) groups is 1. The van der Waals surface area contributed by atoms with E-state index >= 15 is 0 Å². The Balaban J connectivity index is 1.69. The number of nitrogens with one attached hydrogen (secondary N) is 2. The highest BCUT2D eigenvalue weighted by Gasteiger charge is 2.27. The zero-order valence-electron chi connectivity index (χ0n) is 16.9. The van der Waals surface area contributed by atoms with E-state index in [9.17, 15) is 14.4 Å². The first-order valence-corrected chi connectivity index (χ1v) is 10.4.